The highest BCUT2D eigenvalue weighted by molar-refractivity contribution is 6.44. The molecule has 0 atom stereocenters. The third-order valence-electron chi connectivity index (χ3n) is 3.53. The highest BCUT2D eigenvalue weighted by Gasteiger charge is 2.18. The van der Waals surface area contributed by atoms with Gasteiger partial charge >= 0.3 is 23.8 Å². The van der Waals surface area contributed by atoms with Crippen LogP contribution in [-0.4, -0.2) is 37.0 Å². The number of esters is 2. The Bertz CT molecular complexity index is 877. The van der Waals surface area contributed by atoms with E-state index in [1.165, 1.54) is 36.4 Å². The van der Waals surface area contributed by atoms with E-state index in [0.717, 1.165) is 0 Å². The second-order valence-corrected chi connectivity index (χ2v) is 5.47. The predicted molar refractivity (Wildman–Crippen MR) is 102 cm³/mol. The molecule has 0 bridgehead atoms. The van der Waals surface area contributed by atoms with Crippen LogP contribution < -0.4 is 10.6 Å². The van der Waals surface area contributed by atoms with Gasteiger partial charge in [-0.2, -0.15) is 0 Å². The van der Waals surface area contributed by atoms with E-state index >= 15 is 0 Å². The first-order valence-electron chi connectivity index (χ1n) is 8.62. The van der Waals surface area contributed by atoms with E-state index < -0.39 is 23.8 Å². The number of hydrogen-bond donors (Lipinski definition) is 2. The Morgan fingerprint density at radius 2 is 1.32 bits per heavy atom. The summed E-state index contributed by atoms with van der Waals surface area (Å²) in [4.78, 5) is 47.8. The van der Waals surface area contributed by atoms with E-state index in [4.69, 9.17) is 9.47 Å². The third-order valence-corrected chi connectivity index (χ3v) is 3.53. The van der Waals surface area contributed by atoms with Gasteiger partial charge in [-0.25, -0.2) is 9.59 Å². The van der Waals surface area contributed by atoms with Crippen LogP contribution >= 0.6 is 0 Å². The standard InChI is InChI=1S/C20H20N2O6/c1-3-27-19(25)13-9-11-14(12-10-13)21-17(23)18(24)22-16-8-6-5-7-15(16)20(26)28-4-2/h5-12H,3-4H2,1-2H3,(H,21,23)(H,22,24). The summed E-state index contributed by atoms with van der Waals surface area (Å²) < 4.78 is 9.80. The average molecular weight is 384 g/mol. The Labute approximate surface area is 161 Å². The molecule has 0 fully saturated rings. The topological polar surface area (TPSA) is 111 Å². The van der Waals surface area contributed by atoms with E-state index in [1.54, 1.807) is 26.0 Å². The Hall–Kier alpha value is -3.68. The minimum absolute atomic E-state index is 0.143. The van der Waals surface area contributed by atoms with Gasteiger partial charge < -0.3 is 20.1 Å². The van der Waals surface area contributed by atoms with Crippen molar-refractivity contribution in [3.8, 4) is 0 Å². The highest BCUT2D eigenvalue weighted by atomic mass is 16.5. The average Bonchev–Trinajstić information content (AvgIpc) is 2.69. The smallest absolute Gasteiger partial charge is 0.340 e. The van der Waals surface area contributed by atoms with Gasteiger partial charge in [-0.15, -0.1) is 0 Å². The number of carbonyl (C=O) groups excluding carboxylic acids is 4. The van der Waals surface area contributed by atoms with Crippen molar-refractivity contribution in [3.05, 3.63) is 59.7 Å². The number of ether oxygens (including phenoxy) is 2. The number of rotatable bonds is 6. The summed E-state index contributed by atoms with van der Waals surface area (Å²) in [6.45, 7) is 3.80. The Kier molecular flexibility index (Phi) is 7.27. The first-order valence-corrected chi connectivity index (χ1v) is 8.62. The van der Waals surface area contributed by atoms with Crippen molar-refractivity contribution in [2.75, 3.05) is 23.8 Å². The molecule has 2 aromatic carbocycles. The molecule has 2 aromatic rings. The normalized spacial score (nSPS) is 9.93. The van der Waals surface area contributed by atoms with E-state index in [0.29, 0.717) is 11.3 Å². The maximum Gasteiger partial charge on any atom is 0.340 e. The first kappa shape index (κ1) is 20.6. The fraction of sp³-hybridized carbons (Fsp3) is 0.200. The van der Waals surface area contributed by atoms with E-state index in [1.807, 2.05) is 0 Å². The van der Waals surface area contributed by atoms with Gasteiger partial charge in [0.25, 0.3) is 0 Å². The fourth-order valence-corrected chi connectivity index (χ4v) is 2.25. The second-order valence-electron chi connectivity index (χ2n) is 5.47. The molecule has 0 saturated carbocycles. The van der Waals surface area contributed by atoms with Crippen LogP contribution in [0.1, 0.15) is 34.6 Å². The van der Waals surface area contributed by atoms with Gasteiger partial charge in [-0.3, -0.25) is 9.59 Å². The van der Waals surface area contributed by atoms with Crippen molar-refractivity contribution in [1.82, 2.24) is 0 Å². The summed E-state index contributed by atoms with van der Waals surface area (Å²) >= 11 is 0. The van der Waals surface area contributed by atoms with Crippen LogP contribution in [0.3, 0.4) is 0 Å². The van der Waals surface area contributed by atoms with Crippen molar-refractivity contribution in [3.63, 3.8) is 0 Å². The summed E-state index contributed by atoms with van der Waals surface area (Å²) in [5.41, 5.74) is 0.961. The Morgan fingerprint density at radius 1 is 0.750 bits per heavy atom. The van der Waals surface area contributed by atoms with Crippen LogP contribution in [0.15, 0.2) is 48.5 Å². The zero-order valence-corrected chi connectivity index (χ0v) is 15.5. The number of anilines is 2. The molecule has 146 valence electrons. The second kappa shape index (κ2) is 9.86. The number of nitrogens with one attached hydrogen (secondary N) is 2. The van der Waals surface area contributed by atoms with Gasteiger partial charge in [0.1, 0.15) is 0 Å². The number of benzene rings is 2. The molecule has 0 aromatic heterocycles. The number of para-hydroxylation sites is 1. The van der Waals surface area contributed by atoms with Gasteiger partial charge in [0.15, 0.2) is 0 Å². The molecule has 0 radical (unpaired) electrons. The van der Waals surface area contributed by atoms with Gasteiger partial charge in [-0.1, -0.05) is 12.1 Å². The fourth-order valence-electron chi connectivity index (χ4n) is 2.25. The quantitative estimate of drug-likeness (QED) is 0.585. The minimum Gasteiger partial charge on any atom is -0.462 e. The predicted octanol–water partition coefficient (Wildman–Crippen LogP) is 2.62. The molecular weight excluding hydrogens is 364 g/mol. The Morgan fingerprint density at radius 3 is 1.96 bits per heavy atom. The summed E-state index contributed by atoms with van der Waals surface area (Å²) in [7, 11) is 0. The molecule has 0 aliphatic rings. The molecule has 2 N–H and O–H groups in total. The van der Waals surface area contributed by atoms with Crippen molar-refractivity contribution in [2.45, 2.75) is 13.8 Å². The molecule has 0 unspecified atom stereocenters. The first-order chi connectivity index (χ1) is 13.5. The van der Waals surface area contributed by atoms with Crippen LogP contribution in [0.2, 0.25) is 0 Å². The van der Waals surface area contributed by atoms with Gasteiger partial charge in [-0.05, 0) is 50.2 Å². The summed E-state index contributed by atoms with van der Waals surface area (Å²) in [5, 5.41) is 4.80. The van der Waals surface area contributed by atoms with Crippen molar-refractivity contribution < 1.29 is 28.7 Å². The van der Waals surface area contributed by atoms with Gasteiger partial charge in [0.2, 0.25) is 0 Å². The Balaban J connectivity index is 2.03. The molecule has 0 aliphatic heterocycles. The van der Waals surface area contributed by atoms with Gasteiger partial charge in [0.05, 0.1) is 30.0 Å². The van der Waals surface area contributed by atoms with Crippen molar-refractivity contribution in [1.29, 1.82) is 0 Å². The molecule has 2 rings (SSSR count). The maximum absolute atomic E-state index is 12.2. The van der Waals surface area contributed by atoms with Crippen molar-refractivity contribution in [2.24, 2.45) is 0 Å². The van der Waals surface area contributed by atoms with Crippen LogP contribution in [0.25, 0.3) is 0 Å². The van der Waals surface area contributed by atoms with Crippen LogP contribution in [0.4, 0.5) is 11.4 Å². The molecule has 2 amide bonds. The van der Waals surface area contributed by atoms with Crippen molar-refractivity contribution >= 4 is 35.1 Å². The zero-order chi connectivity index (χ0) is 20.5. The molecule has 0 spiro atoms. The summed E-state index contributed by atoms with van der Waals surface area (Å²) in [6.07, 6.45) is 0. The molecule has 0 aliphatic carbocycles. The molecule has 8 nitrogen and oxygen atoms in total. The van der Waals surface area contributed by atoms with Crippen LogP contribution in [-0.2, 0) is 19.1 Å². The molecule has 8 heteroatoms. The lowest BCUT2D eigenvalue weighted by Crippen LogP contribution is -2.29. The lowest BCUT2D eigenvalue weighted by Gasteiger charge is -2.10. The number of carbonyl (C=O) groups is 4. The monoisotopic (exact) mass is 384 g/mol. The highest BCUT2D eigenvalue weighted by Crippen LogP contribution is 2.17. The SMILES string of the molecule is CCOC(=O)c1ccc(NC(=O)C(=O)Nc2ccccc2C(=O)OCC)cc1. The number of amides is 2. The number of hydrogen-bond acceptors (Lipinski definition) is 6. The lowest BCUT2D eigenvalue weighted by atomic mass is 10.1. The van der Waals surface area contributed by atoms with Crippen LogP contribution in [0.5, 0.6) is 0 Å². The minimum atomic E-state index is -0.953. The lowest BCUT2D eigenvalue weighted by molar-refractivity contribution is -0.133. The molecule has 0 heterocycles. The van der Waals surface area contributed by atoms with Crippen LogP contribution in [0, 0.1) is 0 Å². The summed E-state index contributed by atoms with van der Waals surface area (Å²) in [5.74, 6) is -2.96. The maximum atomic E-state index is 12.2. The molecule has 0 saturated heterocycles. The largest absolute Gasteiger partial charge is 0.462 e. The zero-order valence-electron chi connectivity index (χ0n) is 15.5. The van der Waals surface area contributed by atoms with E-state index in [2.05, 4.69) is 10.6 Å². The molecular formula is C20H20N2O6. The van der Waals surface area contributed by atoms with E-state index in [-0.39, 0.29) is 24.5 Å². The molecule has 28 heavy (non-hydrogen) atoms. The van der Waals surface area contributed by atoms with Gasteiger partial charge in [0, 0.05) is 5.69 Å². The van der Waals surface area contributed by atoms with E-state index in [9.17, 15) is 19.2 Å². The third kappa shape index (κ3) is 5.41. The summed E-state index contributed by atoms with van der Waals surface area (Å²) in [6, 6.07) is 12.1.